The Labute approximate surface area is 122 Å². The Hall–Kier alpha value is -1.20. The van der Waals surface area contributed by atoms with E-state index in [4.69, 9.17) is 11.6 Å². The van der Waals surface area contributed by atoms with Gasteiger partial charge in [0, 0.05) is 7.05 Å². The molecular weight excluding hydrogens is 284 g/mol. The predicted molar refractivity (Wildman–Crippen MR) is 79.8 cm³/mol. The predicted octanol–water partition coefficient (Wildman–Crippen LogP) is 1.94. The number of carbonyl (C=O) groups is 2. The van der Waals surface area contributed by atoms with Crippen LogP contribution in [-0.4, -0.2) is 36.9 Å². The van der Waals surface area contributed by atoms with Crippen LogP contribution in [0.25, 0.3) is 0 Å². The van der Waals surface area contributed by atoms with Crippen LogP contribution in [0.1, 0.15) is 16.8 Å². The highest BCUT2D eigenvalue weighted by molar-refractivity contribution is 7.98. The first-order chi connectivity index (χ1) is 9.10. The molecule has 19 heavy (non-hydrogen) atoms. The molecule has 0 aliphatic carbocycles. The average molecular weight is 301 g/mol. The maximum atomic E-state index is 12.1. The molecule has 1 atom stereocenters. The molecule has 1 unspecified atom stereocenters. The molecule has 1 aromatic carbocycles. The van der Waals surface area contributed by atoms with Gasteiger partial charge in [-0.05, 0) is 30.6 Å². The maximum absolute atomic E-state index is 12.1. The van der Waals surface area contributed by atoms with Gasteiger partial charge in [0.1, 0.15) is 6.04 Å². The first-order valence-electron chi connectivity index (χ1n) is 5.86. The largest absolute Gasteiger partial charge is 0.357 e. The first kappa shape index (κ1) is 15.9. The number of hydrogen-bond donors (Lipinski definition) is 2. The van der Waals surface area contributed by atoms with Crippen LogP contribution < -0.4 is 10.6 Å². The molecule has 1 aromatic rings. The number of hydrogen-bond acceptors (Lipinski definition) is 3. The Morgan fingerprint density at radius 1 is 1.37 bits per heavy atom. The summed E-state index contributed by atoms with van der Waals surface area (Å²) in [6, 6.07) is 6.22. The van der Waals surface area contributed by atoms with Gasteiger partial charge >= 0.3 is 0 Å². The third kappa shape index (κ3) is 4.76. The van der Waals surface area contributed by atoms with Crippen molar-refractivity contribution in [3.63, 3.8) is 0 Å². The number of halogens is 1. The van der Waals surface area contributed by atoms with E-state index < -0.39 is 6.04 Å². The summed E-state index contributed by atoms with van der Waals surface area (Å²) in [4.78, 5) is 23.8. The highest BCUT2D eigenvalue weighted by Crippen LogP contribution is 2.15. The molecule has 0 saturated heterocycles. The average Bonchev–Trinajstić information content (AvgIpc) is 2.42. The van der Waals surface area contributed by atoms with E-state index in [0.29, 0.717) is 17.0 Å². The second-order valence-electron chi connectivity index (χ2n) is 3.90. The molecule has 2 N–H and O–H groups in total. The van der Waals surface area contributed by atoms with Crippen LogP contribution in [0.4, 0.5) is 0 Å². The monoisotopic (exact) mass is 300 g/mol. The van der Waals surface area contributed by atoms with Crippen LogP contribution in [0.5, 0.6) is 0 Å². The molecule has 0 radical (unpaired) electrons. The standard InChI is InChI=1S/C13H17ClN2O2S/c1-15-13(18)11(7-8-19-2)16-12(17)9-5-3-4-6-10(9)14/h3-6,11H,7-8H2,1-2H3,(H,15,18)(H,16,17). The molecule has 1 rings (SSSR count). The number of thioether (sulfide) groups is 1. The Morgan fingerprint density at radius 3 is 2.63 bits per heavy atom. The number of nitrogens with one attached hydrogen (secondary N) is 2. The molecule has 0 bridgehead atoms. The van der Waals surface area contributed by atoms with Crippen molar-refractivity contribution in [3.05, 3.63) is 34.9 Å². The topological polar surface area (TPSA) is 58.2 Å². The summed E-state index contributed by atoms with van der Waals surface area (Å²) >= 11 is 7.58. The molecule has 0 spiro atoms. The normalized spacial score (nSPS) is 11.7. The number of carbonyl (C=O) groups excluding carboxylic acids is 2. The van der Waals surface area contributed by atoms with E-state index in [9.17, 15) is 9.59 Å². The van der Waals surface area contributed by atoms with Crippen LogP contribution in [0, 0.1) is 0 Å². The van der Waals surface area contributed by atoms with Gasteiger partial charge in [0.15, 0.2) is 0 Å². The van der Waals surface area contributed by atoms with E-state index in [-0.39, 0.29) is 11.8 Å². The van der Waals surface area contributed by atoms with Gasteiger partial charge in [-0.25, -0.2) is 0 Å². The molecule has 0 aliphatic heterocycles. The van der Waals surface area contributed by atoms with Crippen molar-refractivity contribution in [1.29, 1.82) is 0 Å². The van der Waals surface area contributed by atoms with Crippen LogP contribution in [0.3, 0.4) is 0 Å². The van der Waals surface area contributed by atoms with Gasteiger partial charge in [-0.15, -0.1) is 0 Å². The Morgan fingerprint density at radius 2 is 2.05 bits per heavy atom. The van der Waals surface area contributed by atoms with Crippen LogP contribution in [0.15, 0.2) is 24.3 Å². The first-order valence-corrected chi connectivity index (χ1v) is 7.63. The van der Waals surface area contributed by atoms with E-state index in [2.05, 4.69) is 10.6 Å². The molecule has 6 heteroatoms. The van der Waals surface area contributed by atoms with Gasteiger partial charge in [-0.3, -0.25) is 9.59 Å². The van der Waals surface area contributed by atoms with Crippen molar-refractivity contribution < 1.29 is 9.59 Å². The van der Waals surface area contributed by atoms with E-state index in [0.717, 1.165) is 5.75 Å². The molecule has 0 aromatic heterocycles. The zero-order valence-electron chi connectivity index (χ0n) is 10.9. The van der Waals surface area contributed by atoms with Gasteiger partial charge in [0.25, 0.3) is 5.91 Å². The third-order valence-corrected chi connectivity index (χ3v) is 3.57. The number of benzene rings is 1. The molecule has 0 heterocycles. The Kier molecular flexibility index (Phi) is 6.73. The summed E-state index contributed by atoms with van der Waals surface area (Å²) in [5.74, 6) is 0.260. The fourth-order valence-corrected chi connectivity index (χ4v) is 2.25. The number of likely N-dealkylation sites (N-methyl/N-ethyl adjacent to an activating group) is 1. The van der Waals surface area contributed by atoms with Crippen molar-refractivity contribution in [2.24, 2.45) is 0 Å². The lowest BCUT2D eigenvalue weighted by atomic mass is 10.1. The molecular formula is C13H17ClN2O2S. The lowest BCUT2D eigenvalue weighted by Gasteiger charge is -2.17. The SMILES string of the molecule is CNC(=O)C(CCSC)NC(=O)c1ccccc1Cl. The molecule has 0 saturated carbocycles. The molecule has 104 valence electrons. The van der Waals surface area contributed by atoms with Crippen molar-refractivity contribution in [2.45, 2.75) is 12.5 Å². The fraction of sp³-hybridized carbons (Fsp3) is 0.385. The minimum Gasteiger partial charge on any atom is -0.357 e. The molecule has 0 aliphatic rings. The maximum Gasteiger partial charge on any atom is 0.253 e. The summed E-state index contributed by atoms with van der Waals surface area (Å²) in [7, 11) is 1.55. The zero-order chi connectivity index (χ0) is 14.3. The van der Waals surface area contributed by atoms with Crippen molar-refractivity contribution in [2.75, 3.05) is 19.1 Å². The minimum absolute atomic E-state index is 0.200. The highest BCUT2D eigenvalue weighted by atomic mass is 35.5. The molecule has 4 nitrogen and oxygen atoms in total. The lowest BCUT2D eigenvalue weighted by molar-refractivity contribution is -0.122. The van der Waals surface area contributed by atoms with Gasteiger partial charge in [-0.2, -0.15) is 11.8 Å². The second-order valence-corrected chi connectivity index (χ2v) is 5.29. The Balaban J connectivity index is 2.76. The molecule has 0 fully saturated rings. The van der Waals surface area contributed by atoms with E-state index >= 15 is 0 Å². The highest BCUT2D eigenvalue weighted by Gasteiger charge is 2.20. The summed E-state index contributed by atoms with van der Waals surface area (Å²) < 4.78 is 0. The van der Waals surface area contributed by atoms with Crippen molar-refractivity contribution >= 4 is 35.2 Å². The Bertz CT molecular complexity index is 454. The summed E-state index contributed by atoms with van der Waals surface area (Å²) in [5, 5.41) is 5.64. The summed E-state index contributed by atoms with van der Waals surface area (Å²) in [5.41, 5.74) is 0.377. The number of rotatable bonds is 6. The second kappa shape index (κ2) is 8.07. The van der Waals surface area contributed by atoms with E-state index in [1.54, 1.807) is 43.1 Å². The fourth-order valence-electron chi connectivity index (χ4n) is 1.56. The quantitative estimate of drug-likeness (QED) is 0.844. The lowest BCUT2D eigenvalue weighted by Crippen LogP contribution is -2.46. The van der Waals surface area contributed by atoms with Crippen molar-refractivity contribution in [1.82, 2.24) is 10.6 Å². The van der Waals surface area contributed by atoms with Gasteiger partial charge in [0.2, 0.25) is 5.91 Å². The van der Waals surface area contributed by atoms with Crippen LogP contribution in [0.2, 0.25) is 5.02 Å². The van der Waals surface area contributed by atoms with Crippen LogP contribution >= 0.6 is 23.4 Å². The van der Waals surface area contributed by atoms with Gasteiger partial charge in [0.05, 0.1) is 10.6 Å². The van der Waals surface area contributed by atoms with Crippen molar-refractivity contribution in [3.8, 4) is 0 Å². The van der Waals surface area contributed by atoms with E-state index in [1.165, 1.54) is 0 Å². The summed E-state index contributed by atoms with van der Waals surface area (Å²) in [6.07, 6.45) is 2.54. The number of amides is 2. The third-order valence-electron chi connectivity index (χ3n) is 2.60. The smallest absolute Gasteiger partial charge is 0.253 e. The summed E-state index contributed by atoms with van der Waals surface area (Å²) in [6.45, 7) is 0. The van der Waals surface area contributed by atoms with Gasteiger partial charge < -0.3 is 10.6 Å². The minimum atomic E-state index is -0.541. The zero-order valence-corrected chi connectivity index (χ0v) is 12.5. The molecule has 2 amide bonds. The van der Waals surface area contributed by atoms with Crippen LogP contribution in [-0.2, 0) is 4.79 Å². The van der Waals surface area contributed by atoms with Gasteiger partial charge in [-0.1, -0.05) is 23.7 Å². The van der Waals surface area contributed by atoms with E-state index in [1.807, 2.05) is 6.26 Å².